The molecule has 0 unspecified atom stereocenters. The predicted molar refractivity (Wildman–Crippen MR) is 77.2 cm³/mol. The van der Waals surface area contributed by atoms with E-state index in [-0.39, 0.29) is 4.90 Å². The quantitative estimate of drug-likeness (QED) is 0.902. The minimum absolute atomic E-state index is 0.195. The van der Waals surface area contributed by atoms with Crippen LogP contribution >= 0.6 is 0 Å². The second-order valence-corrected chi connectivity index (χ2v) is 6.52. The van der Waals surface area contributed by atoms with E-state index in [1.807, 2.05) is 24.3 Å². The van der Waals surface area contributed by atoms with Gasteiger partial charge in [0.2, 0.25) is 10.0 Å². The van der Waals surface area contributed by atoms with Crippen molar-refractivity contribution in [2.45, 2.75) is 18.0 Å². The lowest BCUT2D eigenvalue weighted by atomic mass is 10.1. The molecular weight excluding hydrogens is 274 g/mol. The molecule has 0 fully saturated rings. The summed E-state index contributed by atoms with van der Waals surface area (Å²) in [5.74, 6) is 0. The molecule has 2 rings (SSSR count). The van der Waals surface area contributed by atoms with Crippen LogP contribution < -0.4 is 5.73 Å². The Morgan fingerprint density at radius 2 is 1.80 bits per heavy atom. The molecule has 0 bridgehead atoms. The number of pyridine rings is 1. The van der Waals surface area contributed by atoms with Crippen LogP contribution in [0.2, 0.25) is 0 Å². The van der Waals surface area contributed by atoms with Crippen molar-refractivity contribution >= 4 is 10.0 Å². The maximum absolute atomic E-state index is 12.3. The van der Waals surface area contributed by atoms with Gasteiger partial charge in [-0.25, -0.2) is 8.42 Å². The summed E-state index contributed by atoms with van der Waals surface area (Å²) in [4.78, 5) is 4.04. The molecule has 2 N–H and O–H groups in total. The number of nitrogens with two attached hydrogens (primary N) is 1. The summed E-state index contributed by atoms with van der Waals surface area (Å²) < 4.78 is 26.0. The standard InChI is InChI=1S/C14H17N3O2S/c1-17(11-13-6-4-12(9-15)5-7-13)20(18,19)14-3-2-8-16-10-14/h2-8,10H,9,11,15H2,1H3. The van der Waals surface area contributed by atoms with E-state index in [1.54, 1.807) is 19.3 Å². The highest BCUT2D eigenvalue weighted by molar-refractivity contribution is 7.89. The maximum atomic E-state index is 12.3. The highest BCUT2D eigenvalue weighted by atomic mass is 32.2. The summed E-state index contributed by atoms with van der Waals surface area (Å²) in [6.45, 7) is 0.784. The van der Waals surface area contributed by atoms with E-state index in [0.717, 1.165) is 11.1 Å². The van der Waals surface area contributed by atoms with E-state index < -0.39 is 10.0 Å². The fraction of sp³-hybridized carbons (Fsp3) is 0.214. The average Bonchev–Trinajstić information content (AvgIpc) is 2.49. The van der Waals surface area contributed by atoms with Crippen LogP contribution in [0.25, 0.3) is 0 Å². The topological polar surface area (TPSA) is 76.3 Å². The van der Waals surface area contributed by atoms with Crippen molar-refractivity contribution in [3.63, 3.8) is 0 Å². The third-order valence-electron chi connectivity index (χ3n) is 3.01. The van der Waals surface area contributed by atoms with Crippen LogP contribution in [-0.4, -0.2) is 24.8 Å². The SMILES string of the molecule is CN(Cc1ccc(CN)cc1)S(=O)(=O)c1cccnc1. The number of hydrogen-bond donors (Lipinski definition) is 1. The van der Waals surface area contributed by atoms with Crippen LogP contribution in [0, 0.1) is 0 Å². The fourth-order valence-corrected chi connectivity index (χ4v) is 2.93. The van der Waals surface area contributed by atoms with E-state index in [2.05, 4.69) is 4.98 Å². The second-order valence-electron chi connectivity index (χ2n) is 4.47. The molecule has 1 heterocycles. The molecule has 20 heavy (non-hydrogen) atoms. The van der Waals surface area contributed by atoms with E-state index in [1.165, 1.54) is 16.6 Å². The summed E-state index contributed by atoms with van der Waals surface area (Å²) in [7, 11) is -1.95. The van der Waals surface area contributed by atoms with Crippen LogP contribution in [0.1, 0.15) is 11.1 Å². The summed E-state index contributed by atoms with van der Waals surface area (Å²) in [5, 5.41) is 0. The van der Waals surface area contributed by atoms with Gasteiger partial charge in [-0.2, -0.15) is 4.31 Å². The molecule has 1 aromatic carbocycles. The summed E-state index contributed by atoms with van der Waals surface area (Å²) in [6.07, 6.45) is 2.90. The van der Waals surface area contributed by atoms with Gasteiger partial charge in [-0.05, 0) is 23.3 Å². The van der Waals surface area contributed by atoms with Crippen molar-refractivity contribution in [1.82, 2.24) is 9.29 Å². The minimum atomic E-state index is -3.51. The maximum Gasteiger partial charge on any atom is 0.244 e. The van der Waals surface area contributed by atoms with Crippen LogP contribution in [0.15, 0.2) is 53.7 Å². The van der Waals surface area contributed by atoms with Gasteiger partial charge in [-0.3, -0.25) is 4.98 Å². The smallest absolute Gasteiger partial charge is 0.244 e. The van der Waals surface area contributed by atoms with Gasteiger partial charge in [0, 0.05) is 32.5 Å². The molecule has 0 atom stereocenters. The lowest BCUT2D eigenvalue weighted by Crippen LogP contribution is -2.26. The molecule has 6 heteroatoms. The highest BCUT2D eigenvalue weighted by Gasteiger charge is 2.20. The molecular formula is C14H17N3O2S. The molecule has 0 aliphatic carbocycles. The zero-order valence-electron chi connectivity index (χ0n) is 11.2. The van der Waals surface area contributed by atoms with E-state index in [9.17, 15) is 8.42 Å². The van der Waals surface area contributed by atoms with Gasteiger partial charge in [-0.15, -0.1) is 0 Å². The molecule has 0 spiro atoms. The number of sulfonamides is 1. The normalized spacial score (nSPS) is 11.8. The lowest BCUT2D eigenvalue weighted by molar-refractivity contribution is 0.466. The van der Waals surface area contributed by atoms with Crippen LogP contribution in [0.4, 0.5) is 0 Å². The largest absolute Gasteiger partial charge is 0.326 e. The Hall–Kier alpha value is -1.76. The van der Waals surface area contributed by atoms with E-state index in [0.29, 0.717) is 13.1 Å². The van der Waals surface area contributed by atoms with Crippen molar-refractivity contribution in [1.29, 1.82) is 0 Å². The van der Waals surface area contributed by atoms with Gasteiger partial charge in [0.1, 0.15) is 4.90 Å². The van der Waals surface area contributed by atoms with Gasteiger partial charge >= 0.3 is 0 Å². The molecule has 2 aromatic rings. The Kier molecular flexibility index (Phi) is 4.49. The highest BCUT2D eigenvalue weighted by Crippen LogP contribution is 2.15. The van der Waals surface area contributed by atoms with Crippen LogP contribution in [0.5, 0.6) is 0 Å². The van der Waals surface area contributed by atoms with Gasteiger partial charge in [-0.1, -0.05) is 24.3 Å². The second kappa shape index (κ2) is 6.13. The minimum Gasteiger partial charge on any atom is -0.326 e. The van der Waals surface area contributed by atoms with Gasteiger partial charge in [0.25, 0.3) is 0 Å². The van der Waals surface area contributed by atoms with Crippen molar-refractivity contribution < 1.29 is 8.42 Å². The van der Waals surface area contributed by atoms with Gasteiger partial charge in [0.05, 0.1) is 0 Å². The first-order valence-corrected chi connectivity index (χ1v) is 7.62. The average molecular weight is 291 g/mol. The van der Waals surface area contributed by atoms with Crippen molar-refractivity contribution in [2.75, 3.05) is 7.05 Å². The summed E-state index contributed by atoms with van der Waals surface area (Å²) >= 11 is 0. The lowest BCUT2D eigenvalue weighted by Gasteiger charge is -2.17. The number of rotatable bonds is 5. The third-order valence-corrected chi connectivity index (χ3v) is 4.79. The van der Waals surface area contributed by atoms with Crippen molar-refractivity contribution in [3.05, 3.63) is 59.9 Å². The first kappa shape index (κ1) is 14.6. The monoisotopic (exact) mass is 291 g/mol. The predicted octanol–water partition coefficient (Wildman–Crippen LogP) is 1.36. The number of benzene rings is 1. The Morgan fingerprint density at radius 1 is 1.15 bits per heavy atom. The third kappa shape index (κ3) is 3.22. The van der Waals surface area contributed by atoms with Crippen molar-refractivity contribution in [2.24, 2.45) is 5.73 Å². The molecule has 0 radical (unpaired) electrons. The molecule has 0 aliphatic rings. The molecule has 0 saturated carbocycles. The molecule has 0 amide bonds. The van der Waals surface area contributed by atoms with Gasteiger partial charge < -0.3 is 5.73 Å². The Morgan fingerprint density at radius 3 is 2.35 bits per heavy atom. The Labute approximate surface area is 119 Å². The molecule has 1 aromatic heterocycles. The van der Waals surface area contributed by atoms with Crippen LogP contribution in [0.3, 0.4) is 0 Å². The molecule has 0 saturated heterocycles. The fourth-order valence-electron chi connectivity index (χ4n) is 1.80. The van der Waals surface area contributed by atoms with Crippen LogP contribution in [-0.2, 0) is 23.1 Å². The van der Waals surface area contributed by atoms with E-state index in [4.69, 9.17) is 5.73 Å². The molecule has 5 nitrogen and oxygen atoms in total. The molecule has 0 aliphatic heterocycles. The number of aromatic nitrogens is 1. The van der Waals surface area contributed by atoms with Gasteiger partial charge in [0.15, 0.2) is 0 Å². The zero-order chi connectivity index (χ0) is 14.6. The summed E-state index contributed by atoms with van der Waals surface area (Å²) in [6, 6.07) is 10.7. The first-order chi connectivity index (χ1) is 9.54. The Balaban J connectivity index is 2.16. The summed E-state index contributed by atoms with van der Waals surface area (Å²) in [5.41, 5.74) is 7.47. The Bertz CT molecular complexity index is 655. The number of hydrogen-bond acceptors (Lipinski definition) is 4. The number of nitrogens with zero attached hydrogens (tertiary/aromatic N) is 2. The first-order valence-electron chi connectivity index (χ1n) is 6.18. The van der Waals surface area contributed by atoms with E-state index >= 15 is 0 Å². The molecule has 106 valence electrons. The zero-order valence-corrected chi connectivity index (χ0v) is 12.0. The van der Waals surface area contributed by atoms with Crippen molar-refractivity contribution in [3.8, 4) is 0 Å².